The number of thioether (sulfide) groups is 1. The van der Waals surface area contributed by atoms with Gasteiger partial charge in [0.25, 0.3) is 11.8 Å². The summed E-state index contributed by atoms with van der Waals surface area (Å²) in [4.78, 5) is 53.2. The Labute approximate surface area is 185 Å². The Morgan fingerprint density at radius 3 is 2.84 bits per heavy atom. The number of nitrogens with one attached hydrogen (secondary N) is 1. The molecular weight excluding hydrogens is 448 g/mol. The third-order valence-electron chi connectivity index (χ3n) is 5.05. The van der Waals surface area contributed by atoms with Gasteiger partial charge in [0.15, 0.2) is 10.8 Å². The lowest BCUT2D eigenvalue weighted by molar-refractivity contribution is -0.151. The number of nitrogens with two attached hydrogens (primary N) is 1. The third kappa shape index (κ3) is 3.86. The largest absolute Gasteiger partial charge is 0.477 e. The zero-order valence-electron chi connectivity index (χ0n) is 16.6. The Hall–Kier alpha value is -2.68. The Balaban J connectivity index is 1.53. The van der Waals surface area contributed by atoms with Crippen LogP contribution >= 0.6 is 23.1 Å². The van der Waals surface area contributed by atoms with Crippen molar-refractivity contribution >= 4 is 51.7 Å². The third-order valence-corrected chi connectivity index (χ3v) is 7.03. The maximum absolute atomic E-state index is 12.8. The van der Waals surface area contributed by atoms with E-state index in [1.165, 1.54) is 23.8 Å². The molecule has 3 aliphatic rings. The zero-order valence-corrected chi connectivity index (χ0v) is 18.2. The van der Waals surface area contributed by atoms with Gasteiger partial charge in [-0.3, -0.25) is 19.3 Å². The number of carbonyl (C=O) groups excluding carboxylic acids is 2. The molecule has 14 heteroatoms. The first-order valence-electron chi connectivity index (χ1n) is 9.24. The molecule has 1 aromatic rings. The normalized spacial score (nSPS) is 26.5. The zero-order chi connectivity index (χ0) is 22.3. The van der Waals surface area contributed by atoms with Gasteiger partial charge >= 0.3 is 5.97 Å². The fraction of sp³-hybridized carbons (Fsp3) is 0.471. The van der Waals surface area contributed by atoms with E-state index >= 15 is 0 Å². The van der Waals surface area contributed by atoms with Crippen LogP contribution < -0.4 is 11.1 Å². The molecule has 31 heavy (non-hydrogen) atoms. The summed E-state index contributed by atoms with van der Waals surface area (Å²) in [6, 6.07) is -0.904. The first-order chi connectivity index (χ1) is 14.8. The number of rotatable bonds is 6. The van der Waals surface area contributed by atoms with Gasteiger partial charge in [0.05, 0.1) is 0 Å². The lowest BCUT2D eigenvalue weighted by Gasteiger charge is -2.49. The molecule has 0 radical (unpaired) electrons. The van der Waals surface area contributed by atoms with Crippen LogP contribution in [-0.2, 0) is 24.1 Å². The minimum absolute atomic E-state index is 0.0717. The number of nitrogen functional groups attached to an aromatic ring is 1. The van der Waals surface area contributed by atoms with E-state index in [0.29, 0.717) is 24.3 Å². The molecular formula is C17H20N6O6S2. The highest BCUT2D eigenvalue weighted by Gasteiger charge is 2.55. The first-order valence-corrected chi connectivity index (χ1v) is 11.2. The van der Waals surface area contributed by atoms with Crippen molar-refractivity contribution in [1.82, 2.24) is 20.3 Å². The highest BCUT2D eigenvalue weighted by atomic mass is 32.2. The second-order valence-corrected chi connectivity index (χ2v) is 8.96. The van der Waals surface area contributed by atoms with Crippen molar-refractivity contribution in [1.29, 1.82) is 0 Å². The summed E-state index contributed by atoms with van der Waals surface area (Å²) in [6.45, 7) is 0.671. The van der Waals surface area contributed by atoms with Crippen LogP contribution in [0.1, 0.15) is 12.1 Å². The predicted molar refractivity (Wildman–Crippen MR) is 112 cm³/mol. The lowest BCUT2D eigenvalue weighted by Crippen LogP contribution is -2.71. The fourth-order valence-electron chi connectivity index (χ4n) is 3.65. The Kier molecular flexibility index (Phi) is 5.88. The number of thiazole rings is 1. The van der Waals surface area contributed by atoms with Crippen molar-refractivity contribution in [3.05, 3.63) is 22.3 Å². The van der Waals surface area contributed by atoms with Crippen LogP contribution in [0.4, 0.5) is 5.13 Å². The lowest BCUT2D eigenvalue weighted by atomic mass is 9.99. The van der Waals surface area contributed by atoms with Crippen LogP contribution in [0.3, 0.4) is 0 Å². The average molecular weight is 469 g/mol. The molecule has 3 aliphatic heterocycles. The number of β-lactam (4-membered cyclic amide) rings is 1. The van der Waals surface area contributed by atoms with E-state index in [1.807, 2.05) is 0 Å². The number of anilines is 1. The van der Waals surface area contributed by atoms with Crippen LogP contribution in [0.25, 0.3) is 0 Å². The van der Waals surface area contributed by atoms with Crippen LogP contribution in [0.15, 0.2) is 21.8 Å². The van der Waals surface area contributed by atoms with Gasteiger partial charge in [-0.25, -0.2) is 9.78 Å². The van der Waals surface area contributed by atoms with Gasteiger partial charge in [-0.05, 0) is 6.42 Å². The average Bonchev–Trinajstić information content (AvgIpc) is 3.36. The number of nitrogens with zero attached hydrogens (tertiary/aromatic N) is 4. The molecule has 0 aromatic carbocycles. The van der Waals surface area contributed by atoms with E-state index in [0.717, 1.165) is 11.3 Å². The smallest absolute Gasteiger partial charge is 0.352 e. The fourth-order valence-corrected chi connectivity index (χ4v) is 5.61. The molecule has 12 nitrogen and oxygen atoms in total. The number of hydrogen-bond acceptors (Lipinski definition) is 11. The summed E-state index contributed by atoms with van der Waals surface area (Å²) in [5.74, 6) is -2.00. The molecule has 2 saturated heterocycles. The van der Waals surface area contributed by atoms with Crippen molar-refractivity contribution in [2.45, 2.75) is 23.9 Å². The first kappa shape index (κ1) is 21.5. The molecule has 2 amide bonds. The predicted octanol–water partition coefficient (Wildman–Crippen LogP) is -0.550. The molecule has 166 valence electrons. The summed E-state index contributed by atoms with van der Waals surface area (Å²) in [5, 5.41) is 19.0. The minimum Gasteiger partial charge on any atom is -0.477 e. The van der Waals surface area contributed by atoms with Crippen LogP contribution in [0.2, 0.25) is 0 Å². The number of amides is 2. The van der Waals surface area contributed by atoms with E-state index in [9.17, 15) is 19.5 Å². The molecule has 0 saturated carbocycles. The van der Waals surface area contributed by atoms with Gasteiger partial charge in [0.2, 0.25) is 0 Å². The Morgan fingerprint density at radius 2 is 2.26 bits per heavy atom. The van der Waals surface area contributed by atoms with Crippen molar-refractivity contribution in [2.24, 2.45) is 5.16 Å². The van der Waals surface area contributed by atoms with Crippen molar-refractivity contribution in [3.63, 3.8) is 0 Å². The molecule has 0 spiro atoms. The quantitative estimate of drug-likeness (QED) is 0.281. The molecule has 2 unspecified atom stereocenters. The van der Waals surface area contributed by atoms with Crippen LogP contribution in [-0.4, -0.2) is 87.5 Å². The molecule has 4 rings (SSSR count). The van der Waals surface area contributed by atoms with Crippen LogP contribution in [0.5, 0.6) is 0 Å². The molecule has 4 N–H and O–H groups in total. The monoisotopic (exact) mass is 468 g/mol. The summed E-state index contributed by atoms with van der Waals surface area (Å²) in [7, 11) is 3.06. The maximum atomic E-state index is 12.8. The second kappa shape index (κ2) is 8.45. The molecule has 2 fully saturated rings. The number of aliphatic carboxylic acids is 1. The number of oxime groups is 1. The van der Waals surface area contributed by atoms with Crippen molar-refractivity contribution in [3.8, 4) is 0 Å². The molecule has 0 aliphatic carbocycles. The maximum Gasteiger partial charge on any atom is 0.352 e. The van der Waals surface area contributed by atoms with Gasteiger partial charge in [-0.2, -0.15) is 5.06 Å². The van der Waals surface area contributed by atoms with Crippen LogP contribution in [0, 0.1) is 0 Å². The van der Waals surface area contributed by atoms with Gasteiger partial charge in [0.1, 0.15) is 36.0 Å². The SMILES string of the molecule is CO/N=C(\C(=O)NC1C(=O)N2C(C(=O)O)=C([C@@H]3CCN(C)O3)CSC12)c1csc(N)n1. The van der Waals surface area contributed by atoms with E-state index in [4.69, 9.17) is 15.4 Å². The van der Waals surface area contributed by atoms with E-state index in [1.54, 1.807) is 17.5 Å². The summed E-state index contributed by atoms with van der Waals surface area (Å²) in [6.07, 6.45) is 0.255. The van der Waals surface area contributed by atoms with Gasteiger partial charge < -0.3 is 21.0 Å². The number of carbonyl (C=O) groups is 3. The number of hydroxylamine groups is 2. The second-order valence-electron chi connectivity index (χ2n) is 6.97. The molecule has 1 aromatic heterocycles. The molecule has 0 bridgehead atoms. The summed E-state index contributed by atoms with van der Waals surface area (Å²) in [5.41, 5.74) is 6.21. The number of carboxylic acids is 1. The van der Waals surface area contributed by atoms with E-state index in [-0.39, 0.29) is 28.3 Å². The minimum atomic E-state index is -1.20. The standard InChI is InChI=1S/C17H20N6O6S2/c1-22-4-3-9(29-22)7-5-30-15-11(14(25)23(15)12(7)16(26)27)20-13(24)10(21-28-2)8-6-31-17(18)19-8/h6,9,11,15H,3-5H2,1-2H3,(H2,18,19)(H,20,24)(H,26,27)/b21-10-/t9-,11?,15?/m0/s1. The summed E-state index contributed by atoms with van der Waals surface area (Å²) < 4.78 is 0. The molecule has 4 heterocycles. The van der Waals surface area contributed by atoms with E-state index in [2.05, 4.69) is 15.5 Å². The highest BCUT2D eigenvalue weighted by molar-refractivity contribution is 8.00. The Morgan fingerprint density at radius 1 is 1.48 bits per heavy atom. The van der Waals surface area contributed by atoms with E-state index < -0.39 is 29.2 Å². The molecule has 3 atom stereocenters. The Bertz CT molecular complexity index is 994. The number of hydrogen-bond donors (Lipinski definition) is 3. The summed E-state index contributed by atoms with van der Waals surface area (Å²) >= 11 is 2.51. The van der Waals surface area contributed by atoms with Crippen molar-refractivity contribution < 1.29 is 29.2 Å². The number of fused-ring (bicyclic) bond motifs is 1. The number of aromatic nitrogens is 1. The van der Waals surface area contributed by atoms with Crippen molar-refractivity contribution in [2.75, 3.05) is 32.2 Å². The number of carboxylic acid groups (broad SMARTS) is 1. The van der Waals surface area contributed by atoms with Gasteiger partial charge in [0, 0.05) is 30.3 Å². The van der Waals surface area contributed by atoms with Gasteiger partial charge in [-0.1, -0.05) is 5.16 Å². The topological polar surface area (TPSA) is 160 Å². The highest BCUT2D eigenvalue weighted by Crippen LogP contribution is 2.42. The van der Waals surface area contributed by atoms with Gasteiger partial charge in [-0.15, -0.1) is 23.1 Å².